The van der Waals surface area contributed by atoms with Crippen molar-refractivity contribution in [2.24, 2.45) is 0 Å². The monoisotopic (exact) mass is 974 g/mol. The van der Waals surface area contributed by atoms with Crippen LogP contribution in [-0.4, -0.2) is 47.4 Å². The van der Waals surface area contributed by atoms with E-state index in [-0.39, 0.29) is 18.5 Å². The molecule has 0 aromatic carbocycles. The molecule has 2 atom stereocenters. The number of carbonyl (C=O) groups is 2. The number of aliphatic hydroxyl groups excluding tert-OH is 2. The predicted molar refractivity (Wildman–Crippen MR) is 301 cm³/mol. The first-order valence-electron chi connectivity index (χ1n) is 31.4. The summed E-state index contributed by atoms with van der Waals surface area (Å²) in [5.74, 6) is -0.0314. The number of hydrogen-bond donors (Lipinski definition) is 3. The highest BCUT2D eigenvalue weighted by atomic mass is 16.5. The Labute approximate surface area is 431 Å². The number of nitrogens with one attached hydrogen (secondary N) is 1. The number of rotatable bonds is 59. The third kappa shape index (κ3) is 55.8. The molecule has 0 aliphatic carbocycles. The summed E-state index contributed by atoms with van der Waals surface area (Å²) in [6.07, 6.45) is 70.7. The topological polar surface area (TPSA) is 95.9 Å². The number of hydrogen-bond acceptors (Lipinski definition) is 5. The number of ether oxygens (including phenoxy) is 1. The van der Waals surface area contributed by atoms with Gasteiger partial charge in [0.2, 0.25) is 5.91 Å². The molecule has 0 fully saturated rings. The minimum absolute atomic E-state index is 0.00595. The van der Waals surface area contributed by atoms with E-state index in [2.05, 4.69) is 31.3 Å². The summed E-state index contributed by atoms with van der Waals surface area (Å²) in [6, 6.07) is -0.545. The molecule has 0 heterocycles. The van der Waals surface area contributed by atoms with Gasteiger partial charge in [-0.05, 0) is 51.4 Å². The van der Waals surface area contributed by atoms with Crippen LogP contribution in [0.5, 0.6) is 0 Å². The molecule has 3 N–H and O–H groups in total. The Morgan fingerprint density at radius 3 is 1.03 bits per heavy atom. The van der Waals surface area contributed by atoms with Gasteiger partial charge in [-0.3, -0.25) is 9.59 Å². The van der Waals surface area contributed by atoms with Gasteiger partial charge in [0, 0.05) is 12.8 Å². The van der Waals surface area contributed by atoms with Crippen molar-refractivity contribution in [2.75, 3.05) is 13.2 Å². The van der Waals surface area contributed by atoms with Crippen LogP contribution < -0.4 is 5.32 Å². The standard InChI is InChI=1S/C63H123NO5/c1-3-5-7-9-11-13-15-17-19-21-22-25-29-33-37-41-45-49-53-57-63(68)69-58-54-50-46-42-38-34-30-26-23-24-28-32-36-40-44-48-52-56-62(67)64-60(59-65)61(66)55-51-47-43-39-35-31-27-20-18-16-14-12-10-8-6-4-2/h17,19,60-61,65-66H,3-16,18,20-59H2,1-2H3,(H,64,67)/b19-17-. The Morgan fingerprint density at radius 2 is 0.681 bits per heavy atom. The highest BCUT2D eigenvalue weighted by molar-refractivity contribution is 5.76. The Bertz CT molecular complexity index is 1030. The molecule has 0 radical (unpaired) electrons. The average molecular weight is 975 g/mol. The van der Waals surface area contributed by atoms with Gasteiger partial charge in [-0.25, -0.2) is 0 Å². The van der Waals surface area contributed by atoms with Crippen molar-refractivity contribution >= 4 is 11.9 Å². The third-order valence-electron chi connectivity index (χ3n) is 14.8. The first-order chi connectivity index (χ1) is 34.0. The molecule has 2 unspecified atom stereocenters. The molecular weight excluding hydrogens is 851 g/mol. The van der Waals surface area contributed by atoms with Gasteiger partial charge in [-0.15, -0.1) is 0 Å². The first kappa shape index (κ1) is 67.6. The zero-order valence-corrected chi connectivity index (χ0v) is 46.8. The molecule has 0 bridgehead atoms. The van der Waals surface area contributed by atoms with Gasteiger partial charge in [-0.2, -0.15) is 0 Å². The quantitative estimate of drug-likeness (QED) is 0.0321. The van der Waals surface area contributed by atoms with Crippen molar-refractivity contribution < 1.29 is 24.5 Å². The van der Waals surface area contributed by atoms with Crippen LogP contribution in [0.4, 0.5) is 0 Å². The minimum Gasteiger partial charge on any atom is -0.466 e. The van der Waals surface area contributed by atoms with E-state index in [1.165, 1.54) is 276 Å². The molecule has 6 heteroatoms. The summed E-state index contributed by atoms with van der Waals surface area (Å²) in [5.41, 5.74) is 0. The van der Waals surface area contributed by atoms with Crippen LogP contribution in [-0.2, 0) is 14.3 Å². The molecule has 69 heavy (non-hydrogen) atoms. The smallest absolute Gasteiger partial charge is 0.305 e. The van der Waals surface area contributed by atoms with Gasteiger partial charge in [0.15, 0.2) is 0 Å². The number of carbonyl (C=O) groups excluding carboxylic acids is 2. The number of aliphatic hydroxyl groups is 2. The summed E-state index contributed by atoms with van der Waals surface area (Å²) in [4.78, 5) is 24.6. The molecule has 0 aliphatic heterocycles. The molecule has 1 amide bonds. The third-order valence-corrected chi connectivity index (χ3v) is 14.8. The van der Waals surface area contributed by atoms with E-state index in [4.69, 9.17) is 4.74 Å². The van der Waals surface area contributed by atoms with Crippen molar-refractivity contribution in [2.45, 2.75) is 366 Å². The fourth-order valence-electron chi connectivity index (χ4n) is 9.99. The van der Waals surface area contributed by atoms with E-state index in [0.717, 1.165) is 44.9 Å². The van der Waals surface area contributed by atoms with Gasteiger partial charge in [-0.1, -0.05) is 302 Å². The molecule has 0 rings (SSSR count). The van der Waals surface area contributed by atoms with Crippen LogP contribution in [0.2, 0.25) is 0 Å². The maximum Gasteiger partial charge on any atom is 0.305 e. The fourth-order valence-corrected chi connectivity index (χ4v) is 9.99. The van der Waals surface area contributed by atoms with Crippen molar-refractivity contribution in [1.29, 1.82) is 0 Å². The van der Waals surface area contributed by atoms with Crippen molar-refractivity contribution in [3.05, 3.63) is 12.2 Å². The minimum atomic E-state index is -0.667. The normalized spacial score (nSPS) is 12.6. The second-order valence-corrected chi connectivity index (χ2v) is 21.7. The Kier molecular flexibility index (Phi) is 58.0. The number of unbranched alkanes of at least 4 members (excludes halogenated alkanes) is 46. The summed E-state index contributed by atoms with van der Waals surface area (Å²) in [7, 11) is 0. The van der Waals surface area contributed by atoms with Crippen LogP contribution in [0.1, 0.15) is 354 Å². The lowest BCUT2D eigenvalue weighted by atomic mass is 10.0. The van der Waals surface area contributed by atoms with Crippen LogP contribution >= 0.6 is 0 Å². The van der Waals surface area contributed by atoms with Crippen molar-refractivity contribution in [1.82, 2.24) is 5.32 Å². The van der Waals surface area contributed by atoms with E-state index < -0.39 is 12.1 Å². The highest BCUT2D eigenvalue weighted by Gasteiger charge is 2.20. The summed E-state index contributed by atoms with van der Waals surface area (Å²) >= 11 is 0. The maximum absolute atomic E-state index is 12.5. The van der Waals surface area contributed by atoms with E-state index in [1.807, 2.05) is 0 Å². The summed E-state index contributed by atoms with van der Waals surface area (Å²) in [5, 5.41) is 23.3. The highest BCUT2D eigenvalue weighted by Crippen LogP contribution is 2.18. The van der Waals surface area contributed by atoms with Crippen LogP contribution in [0.3, 0.4) is 0 Å². The second kappa shape index (κ2) is 59.2. The molecule has 0 spiro atoms. The number of esters is 1. The van der Waals surface area contributed by atoms with Crippen molar-refractivity contribution in [3.63, 3.8) is 0 Å². The summed E-state index contributed by atoms with van der Waals surface area (Å²) in [6.45, 7) is 4.97. The lowest BCUT2D eigenvalue weighted by Crippen LogP contribution is -2.45. The van der Waals surface area contributed by atoms with E-state index in [9.17, 15) is 19.8 Å². The van der Waals surface area contributed by atoms with Crippen LogP contribution in [0, 0.1) is 0 Å². The molecule has 410 valence electrons. The average Bonchev–Trinajstić information content (AvgIpc) is 3.35. The predicted octanol–water partition coefficient (Wildman–Crippen LogP) is 19.6. The lowest BCUT2D eigenvalue weighted by Gasteiger charge is -2.22. The fraction of sp³-hybridized carbons (Fsp3) is 0.937. The van der Waals surface area contributed by atoms with Crippen LogP contribution in [0.15, 0.2) is 12.2 Å². The molecule has 0 aromatic heterocycles. The number of amides is 1. The van der Waals surface area contributed by atoms with E-state index >= 15 is 0 Å². The molecule has 0 aliphatic rings. The zero-order chi connectivity index (χ0) is 50.0. The number of allylic oxidation sites excluding steroid dienone is 2. The van der Waals surface area contributed by atoms with E-state index in [1.54, 1.807) is 0 Å². The molecular formula is C63H123NO5. The molecule has 0 saturated carbocycles. The molecule has 0 aromatic rings. The van der Waals surface area contributed by atoms with Crippen molar-refractivity contribution in [3.8, 4) is 0 Å². The first-order valence-corrected chi connectivity index (χ1v) is 31.4. The molecule has 0 saturated heterocycles. The van der Waals surface area contributed by atoms with Gasteiger partial charge in [0.05, 0.1) is 25.4 Å². The zero-order valence-electron chi connectivity index (χ0n) is 46.8. The maximum atomic E-state index is 12.5. The molecule has 6 nitrogen and oxygen atoms in total. The Morgan fingerprint density at radius 1 is 0.391 bits per heavy atom. The van der Waals surface area contributed by atoms with E-state index in [0.29, 0.717) is 25.9 Å². The Hall–Kier alpha value is -1.40. The second-order valence-electron chi connectivity index (χ2n) is 21.7. The van der Waals surface area contributed by atoms with Gasteiger partial charge >= 0.3 is 5.97 Å². The van der Waals surface area contributed by atoms with Crippen LogP contribution in [0.25, 0.3) is 0 Å². The largest absolute Gasteiger partial charge is 0.466 e. The van der Waals surface area contributed by atoms with Gasteiger partial charge in [0.1, 0.15) is 0 Å². The Balaban J connectivity index is 3.39. The summed E-state index contributed by atoms with van der Waals surface area (Å²) < 4.78 is 5.50. The van der Waals surface area contributed by atoms with Gasteiger partial charge < -0.3 is 20.3 Å². The lowest BCUT2D eigenvalue weighted by molar-refractivity contribution is -0.143. The van der Waals surface area contributed by atoms with Gasteiger partial charge in [0.25, 0.3) is 0 Å². The SMILES string of the molecule is CCCCCCCC/C=C\CCCCCCCCCCCC(=O)OCCCCCCCCCCCCCCCCCCCC(=O)NC(CO)C(O)CCCCCCCCCCCCCCCCCC.